The van der Waals surface area contributed by atoms with E-state index < -0.39 is 22.0 Å². The van der Waals surface area contributed by atoms with Crippen molar-refractivity contribution in [2.45, 2.75) is 33.2 Å². The van der Waals surface area contributed by atoms with Gasteiger partial charge >= 0.3 is 5.97 Å². The minimum Gasteiger partial charge on any atom is -0.481 e. The van der Waals surface area contributed by atoms with Crippen molar-refractivity contribution in [2.24, 2.45) is 5.92 Å². The third-order valence-corrected chi connectivity index (χ3v) is 3.28. The molecule has 0 fully saturated rings. The van der Waals surface area contributed by atoms with E-state index in [0.29, 0.717) is 0 Å². The molecule has 0 spiro atoms. The van der Waals surface area contributed by atoms with Gasteiger partial charge in [0.05, 0.1) is 12.2 Å². The van der Waals surface area contributed by atoms with Gasteiger partial charge in [0, 0.05) is 6.04 Å². The topological polar surface area (TPSA) is 83.5 Å². The summed E-state index contributed by atoms with van der Waals surface area (Å²) in [6, 6.07) is -0.559. The van der Waals surface area contributed by atoms with Crippen molar-refractivity contribution in [2.75, 3.05) is 5.75 Å². The molecular formula is C8H17NO4S. The van der Waals surface area contributed by atoms with Crippen LogP contribution in [-0.2, 0) is 14.8 Å². The zero-order valence-corrected chi connectivity index (χ0v) is 9.47. The van der Waals surface area contributed by atoms with Crippen LogP contribution < -0.4 is 4.72 Å². The van der Waals surface area contributed by atoms with E-state index in [2.05, 4.69) is 4.72 Å². The molecule has 0 aliphatic heterocycles. The second-order valence-electron chi connectivity index (χ2n) is 3.79. The second kappa shape index (κ2) is 5.31. The van der Waals surface area contributed by atoms with Gasteiger partial charge in [-0.05, 0) is 12.8 Å². The molecule has 0 saturated heterocycles. The van der Waals surface area contributed by atoms with Gasteiger partial charge in [0.2, 0.25) is 10.0 Å². The number of carboxylic acid groups (broad SMARTS) is 1. The smallest absolute Gasteiger partial charge is 0.304 e. The van der Waals surface area contributed by atoms with Crippen LogP contribution in [0, 0.1) is 5.92 Å². The summed E-state index contributed by atoms with van der Waals surface area (Å²) in [5.41, 5.74) is 0. The first-order chi connectivity index (χ1) is 6.23. The number of hydrogen-bond acceptors (Lipinski definition) is 3. The van der Waals surface area contributed by atoms with Crippen molar-refractivity contribution in [3.8, 4) is 0 Å². The molecule has 0 aliphatic rings. The Hall–Kier alpha value is -0.620. The molecule has 1 atom stereocenters. The predicted octanol–water partition coefficient (Wildman–Crippen LogP) is 0.425. The van der Waals surface area contributed by atoms with Crippen molar-refractivity contribution in [1.82, 2.24) is 4.72 Å². The molecule has 14 heavy (non-hydrogen) atoms. The van der Waals surface area contributed by atoms with Crippen LogP contribution in [0.15, 0.2) is 0 Å². The number of rotatable bonds is 6. The molecule has 5 nitrogen and oxygen atoms in total. The quantitative estimate of drug-likeness (QED) is 0.683. The van der Waals surface area contributed by atoms with Gasteiger partial charge in [-0.1, -0.05) is 13.8 Å². The number of sulfonamides is 1. The van der Waals surface area contributed by atoms with Crippen LogP contribution in [0.3, 0.4) is 0 Å². The summed E-state index contributed by atoms with van der Waals surface area (Å²) in [7, 11) is -3.34. The molecule has 0 radical (unpaired) electrons. The van der Waals surface area contributed by atoms with Crippen molar-refractivity contribution in [3.63, 3.8) is 0 Å². The summed E-state index contributed by atoms with van der Waals surface area (Å²) in [4.78, 5) is 10.3. The Labute approximate surface area is 84.6 Å². The summed E-state index contributed by atoms with van der Waals surface area (Å²) in [6.45, 7) is 5.12. The Kier molecular flexibility index (Phi) is 5.07. The summed E-state index contributed by atoms with van der Waals surface area (Å²) in [5.74, 6) is -0.953. The maximum Gasteiger partial charge on any atom is 0.304 e. The predicted molar refractivity (Wildman–Crippen MR) is 53.5 cm³/mol. The van der Waals surface area contributed by atoms with Crippen LogP contribution in [0.4, 0.5) is 0 Å². The standard InChI is InChI=1S/C8H17NO4S/c1-6(2)5-14(12,13)9-7(3)4-8(10)11/h6-7,9H,4-5H2,1-3H3,(H,10,11). The van der Waals surface area contributed by atoms with Crippen molar-refractivity contribution in [1.29, 1.82) is 0 Å². The van der Waals surface area contributed by atoms with Gasteiger partial charge in [-0.25, -0.2) is 13.1 Å². The highest BCUT2D eigenvalue weighted by Gasteiger charge is 2.17. The van der Waals surface area contributed by atoms with E-state index >= 15 is 0 Å². The average Bonchev–Trinajstić information content (AvgIpc) is 1.77. The Morgan fingerprint density at radius 3 is 2.21 bits per heavy atom. The van der Waals surface area contributed by atoms with Gasteiger partial charge in [0.15, 0.2) is 0 Å². The maximum absolute atomic E-state index is 11.3. The zero-order valence-electron chi connectivity index (χ0n) is 8.65. The third-order valence-electron chi connectivity index (χ3n) is 1.41. The monoisotopic (exact) mass is 223 g/mol. The first-order valence-electron chi connectivity index (χ1n) is 4.44. The molecule has 1 unspecified atom stereocenters. The van der Waals surface area contributed by atoms with E-state index in [9.17, 15) is 13.2 Å². The van der Waals surface area contributed by atoms with Crippen molar-refractivity contribution >= 4 is 16.0 Å². The van der Waals surface area contributed by atoms with Crippen LogP contribution in [-0.4, -0.2) is 31.3 Å². The van der Waals surface area contributed by atoms with Crippen molar-refractivity contribution < 1.29 is 18.3 Å². The summed E-state index contributed by atoms with van der Waals surface area (Å²) in [6.07, 6.45) is -0.197. The molecule has 0 saturated carbocycles. The normalized spacial score (nSPS) is 14.3. The Balaban J connectivity index is 4.16. The number of hydrogen-bond donors (Lipinski definition) is 2. The van der Waals surface area contributed by atoms with Crippen LogP contribution in [0.2, 0.25) is 0 Å². The Morgan fingerprint density at radius 2 is 1.86 bits per heavy atom. The van der Waals surface area contributed by atoms with E-state index in [1.807, 2.05) is 0 Å². The highest BCUT2D eigenvalue weighted by atomic mass is 32.2. The van der Waals surface area contributed by atoms with Gasteiger partial charge in [-0.15, -0.1) is 0 Å². The average molecular weight is 223 g/mol. The molecule has 0 bridgehead atoms. The fourth-order valence-electron chi connectivity index (χ4n) is 1.10. The zero-order chi connectivity index (χ0) is 11.4. The molecular weight excluding hydrogens is 206 g/mol. The van der Waals surface area contributed by atoms with Crippen LogP contribution in [0.1, 0.15) is 27.2 Å². The molecule has 0 aliphatic carbocycles. The summed E-state index contributed by atoms with van der Waals surface area (Å²) < 4.78 is 25.0. The number of carboxylic acids is 1. The van der Waals surface area contributed by atoms with Gasteiger partial charge in [0.25, 0.3) is 0 Å². The molecule has 0 aromatic carbocycles. The Morgan fingerprint density at radius 1 is 1.36 bits per heavy atom. The lowest BCUT2D eigenvalue weighted by atomic mass is 10.3. The molecule has 6 heteroatoms. The first-order valence-corrected chi connectivity index (χ1v) is 6.10. The summed E-state index contributed by atoms with van der Waals surface area (Å²) in [5, 5.41) is 8.43. The number of nitrogens with one attached hydrogen (secondary N) is 1. The maximum atomic E-state index is 11.3. The molecule has 0 aromatic heterocycles. The van der Waals surface area contributed by atoms with E-state index in [1.165, 1.54) is 6.92 Å². The lowest BCUT2D eigenvalue weighted by Gasteiger charge is -2.13. The summed E-state index contributed by atoms with van der Waals surface area (Å²) >= 11 is 0. The fraction of sp³-hybridized carbons (Fsp3) is 0.875. The molecule has 0 rings (SSSR count). The van der Waals surface area contributed by atoms with E-state index in [4.69, 9.17) is 5.11 Å². The minimum absolute atomic E-state index is 0.0248. The van der Waals surface area contributed by atoms with Crippen LogP contribution in [0.5, 0.6) is 0 Å². The molecule has 0 amide bonds. The minimum atomic E-state index is -3.34. The van der Waals surface area contributed by atoms with E-state index in [0.717, 1.165) is 0 Å². The lowest BCUT2D eigenvalue weighted by molar-refractivity contribution is -0.137. The fourth-order valence-corrected chi connectivity index (χ4v) is 2.77. The molecule has 0 aromatic rings. The van der Waals surface area contributed by atoms with Crippen molar-refractivity contribution in [3.05, 3.63) is 0 Å². The SMILES string of the molecule is CC(C)CS(=O)(=O)NC(C)CC(=O)O. The number of aliphatic carboxylic acids is 1. The van der Waals surface area contributed by atoms with Gasteiger partial charge in [-0.2, -0.15) is 0 Å². The Bertz CT molecular complexity index is 284. The first kappa shape index (κ1) is 13.4. The second-order valence-corrected chi connectivity index (χ2v) is 5.59. The molecule has 0 heterocycles. The number of carbonyl (C=O) groups is 1. The van der Waals surface area contributed by atoms with Gasteiger partial charge < -0.3 is 5.11 Å². The lowest BCUT2D eigenvalue weighted by Crippen LogP contribution is -2.36. The van der Waals surface area contributed by atoms with E-state index in [1.54, 1.807) is 13.8 Å². The molecule has 2 N–H and O–H groups in total. The third kappa shape index (κ3) is 6.85. The van der Waals surface area contributed by atoms with Gasteiger partial charge in [-0.3, -0.25) is 4.79 Å². The molecule has 84 valence electrons. The highest BCUT2D eigenvalue weighted by Crippen LogP contribution is 2.00. The van der Waals surface area contributed by atoms with Crippen LogP contribution in [0.25, 0.3) is 0 Å². The van der Waals surface area contributed by atoms with Crippen LogP contribution >= 0.6 is 0 Å². The van der Waals surface area contributed by atoms with Gasteiger partial charge in [0.1, 0.15) is 0 Å². The largest absolute Gasteiger partial charge is 0.481 e. The highest BCUT2D eigenvalue weighted by molar-refractivity contribution is 7.89. The van der Waals surface area contributed by atoms with E-state index in [-0.39, 0.29) is 18.1 Å².